The fourth-order valence-electron chi connectivity index (χ4n) is 4.53. The highest BCUT2D eigenvalue weighted by Gasteiger charge is 2.31. The first-order valence-electron chi connectivity index (χ1n) is 12.6. The zero-order valence-electron chi connectivity index (χ0n) is 21.8. The molecule has 0 fully saturated rings. The fraction of sp³-hybridized carbons (Fsp3) is 0.241. The van der Waals surface area contributed by atoms with Crippen LogP contribution in [-0.4, -0.2) is 38.9 Å². The molecular weight excluding hydrogens is 539 g/mol. The Kier molecular flexibility index (Phi) is 7.66. The lowest BCUT2D eigenvalue weighted by Crippen LogP contribution is -2.30. The summed E-state index contributed by atoms with van der Waals surface area (Å²) in [6, 6.07) is 17.8. The lowest BCUT2D eigenvalue weighted by atomic mass is 10.1. The van der Waals surface area contributed by atoms with E-state index in [1.807, 2.05) is 44.2 Å². The Morgan fingerprint density at radius 3 is 2.55 bits per heavy atom. The van der Waals surface area contributed by atoms with Crippen molar-refractivity contribution in [2.24, 2.45) is 0 Å². The SMILES string of the molecule is Cc1ccc(C(=O)NCc2nnc(SCC(=O)N3CCc4ccccc43)n2-c2cccc(C(F)(F)F)c2)cc1C. The minimum Gasteiger partial charge on any atom is -0.345 e. The molecule has 3 aromatic carbocycles. The first kappa shape index (κ1) is 27.4. The normalized spacial score (nSPS) is 12.9. The van der Waals surface area contributed by atoms with Crippen molar-refractivity contribution in [3.8, 4) is 5.69 Å². The molecule has 4 aromatic rings. The molecule has 1 N–H and O–H groups in total. The number of amides is 2. The van der Waals surface area contributed by atoms with Crippen LogP contribution in [0.4, 0.5) is 18.9 Å². The van der Waals surface area contributed by atoms with Gasteiger partial charge in [-0.3, -0.25) is 14.2 Å². The largest absolute Gasteiger partial charge is 0.416 e. The van der Waals surface area contributed by atoms with Crippen molar-refractivity contribution in [1.82, 2.24) is 20.1 Å². The number of benzene rings is 3. The summed E-state index contributed by atoms with van der Waals surface area (Å²) >= 11 is 1.08. The van der Waals surface area contributed by atoms with E-state index >= 15 is 0 Å². The predicted octanol–water partition coefficient (Wildman–Crippen LogP) is 5.51. The minimum absolute atomic E-state index is 0.0143. The van der Waals surface area contributed by atoms with E-state index in [-0.39, 0.29) is 40.8 Å². The van der Waals surface area contributed by atoms with Gasteiger partial charge < -0.3 is 10.2 Å². The number of anilines is 1. The van der Waals surface area contributed by atoms with E-state index in [1.54, 1.807) is 17.0 Å². The molecule has 2 amide bonds. The molecule has 0 saturated heterocycles. The van der Waals surface area contributed by atoms with Crippen molar-refractivity contribution in [3.05, 3.63) is 100 Å². The number of halogens is 3. The van der Waals surface area contributed by atoms with Crippen LogP contribution >= 0.6 is 11.8 Å². The molecule has 0 bridgehead atoms. The molecular formula is C29H26F3N5O2S. The lowest BCUT2D eigenvalue weighted by Gasteiger charge is -2.17. The van der Waals surface area contributed by atoms with Gasteiger partial charge in [0.15, 0.2) is 11.0 Å². The summed E-state index contributed by atoms with van der Waals surface area (Å²) in [7, 11) is 0. The summed E-state index contributed by atoms with van der Waals surface area (Å²) in [5.41, 5.74) is 3.77. The number of carbonyl (C=O) groups is 2. The second kappa shape index (κ2) is 11.2. The number of hydrogen-bond acceptors (Lipinski definition) is 5. The summed E-state index contributed by atoms with van der Waals surface area (Å²) < 4.78 is 42.0. The van der Waals surface area contributed by atoms with Crippen LogP contribution in [0, 0.1) is 13.8 Å². The molecule has 206 valence electrons. The third-order valence-corrected chi connectivity index (χ3v) is 7.73. The number of fused-ring (bicyclic) bond motifs is 1. The van der Waals surface area contributed by atoms with Gasteiger partial charge in [0.25, 0.3) is 5.91 Å². The number of nitrogens with one attached hydrogen (secondary N) is 1. The van der Waals surface area contributed by atoms with Gasteiger partial charge in [-0.1, -0.05) is 42.1 Å². The lowest BCUT2D eigenvalue weighted by molar-refractivity contribution is -0.137. The third kappa shape index (κ3) is 5.74. The second-order valence-corrected chi connectivity index (χ2v) is 10.4. The quantitative estimate of drug-likeness (QED) is 0.299. The Hall–Kier alpha value is -4.12. The van der Waals surface area contributed by atoms with E-state index < -0.39 is 11.7 Å². The monoisotopic (exact) mass is 565 g/mol. The Morgan fingerprint density at radius 1 is 0.975 bits per heavy atom. The predicted molar refractivity (Wildman–Crippen MR) is 147 cm³/mol. The zero-order chi connectivity index (χ0) is 28.4. The van der Waals surface area contributed by atoms with Crippen molar-refractivity contribution < 1.29 is 22.8 Å². The molecule has 0 aliphatic carbocycles. The van der Waals surface area contributed by atoms with Crippen LogP contribution < -0.4 is 10.2 Å². The number of nitrogens with zero attached hydrogens (tertiary/aromatic N) is 4. The number of hydrogen-bond donors (Lipinski definition) is 1. The van der Waals surface area contributed by atoms with Crippen LogP contribution in [0.5, 0.6) is 0 Å². The number of aryl methyl sites for hydroxylation is 2. The molecule has 0 atom stereocenters. The van der Waals surface area contributed by atoms with Crippen LogP contribution in [-0.2, 0) is 23.9 Å². The molecule has 2 heterocycles. The number of para-hydroxylation sites is 1. The van der Waals surface area contributed by atoms with Gasteiger partial charge in [-0.05, 0) is 73.4 Å². The van der Waals surface area contributed by atoms with Gasteiger partial charge in [-0.15, -0.1) is 10.2 Å². The Morgan fingerprint density at radius 2 is 1.77 bits per heavy atom. The molecule has 0 saturated carbocycles. The molecule has 7 nitrogen and oxygen atoms in total. The van der Waals surface area contributed by atoms with Crippen LogP contribution in [0.15, 0.2) is 71.9 Å². The van der Waals surface area contributed by atoms with E-state index in [2.05, 4.69) is 15.5 Å². The molecule has 1 aliphatic rings. The summed E-state index contributed by atoms with van der Waals surface area (Å²) in [5.74, 6) is -0.240. The first-order chi connectivity index (χ1) is 19.1. The molecule has 40 heavy (non-hydrogen) atoms. The third-order valence-electron chi connectivity index (χ3n) is 6.82. The maximum absolute atomic E-state index is 13.5. The van der Waals surface area contributed by atoms with Gasteiger partial charge in [0.1, 0.15) is 0 Å². The van der Waals surface area contributed by atoms with Gasteiger partial charge >= 0.3 is 6.18 Å². The fourth-order valence-corrected chi connectivity index (χ4v) is 5.38. The maximum Gasteiger partial charge on any atom is 0.416 e. The Bertz CT molecular complexity index is 1580. The van der Waals surface area contributed by atoms with Gasteiger partial charge in [-0.25, -0.2) is 0 Å². The van der Waals surface area contributed by atoms with E-state index in [9.17, 15) is 22.8 Å². The summed E-state index contributed by atoms with van der Waals surface area (Å²) in [6.07, 6.45) is -3.79. The highest BCUT2D eigenvalue weighted by atomic mass is 32.2. The maximum atomic E-state index is 13.5. The highest BCUT2D eigenvalue weighted by Crippen LogP contribution is 2.32. The molecule has 5 rings (SSSR count). The van der Waals surface area contributed by atoms with Crippen LogP contribution in [0.1, 0.15) is 38.4 Å². The van der Waals surface area contributed by atoms with Gasteiger partial charge in [0.2, 0.25) is 5.91 Å². The van der Waals surface area contributed by atoms with Gasteiger partial charge in [-0.2, -0.15) is 13.2 Å². The number of alkyl halides is 3. The van der Waals surface area contributed by atoms with Crippen LogP contribution in [0.25, 0.3) is 5.69 Å². The topological polar surface area (TPSA) is 80.1 Å². The van der Waals surface area contributed by atoms with Crippen LogP contribution in [0.2, 0.25) is 0 Å². The first-order valence-corrected chi connectivity index (χ1v) is 13.6. The molecule has 0 radical (unpaired) electrons. The molecule has 0 unspecified atom stereocenters. The Labute approximate surface area is 233 Å². The zero-order valence-corrected chi connectivity index (χ0v) is 22.6. The molecule has 11 heteroatoms. The van der Waals surface area contributed by atoms with Crippen molar-refractivity contribution in [2.45, 2.75) is 38.1 Å². The van der Waals surface area contributed by atoms with E-state index in [4.69, 9.17) is 0 Å². The van der Waals surface area contributed by atoms with Crippen molar-refractivity contribution in [2.75, 3.05) is 17.2 Å². The molecule has 1 aromatic heterocycles. The molecule has 1 aliphatic heterocycles. The molecule has 0 spiro atoms. The smallest absolute Gasteiger partial charge is 0.345 e. The van der Waals surface area contributed by atoms with Crippen molar-refractivity contribution in [3.63, 3.8) is 0 Å². The van der Waals surface area contributed by atoms with E-state index in [1.165, 1.54) is 16.7 Å². The summed E-state index contributed by atoms with van der Waals surface area (Å²) in [5, 5.41) is 11.4. The van der Waals surface area contributed by atoms with Crippen molar-refractivity contribution >= 4 is 29.3 Å². The van der Waals surface area contributed by atoms with Gasteiger partial charge in [0.05, 0.1) is 23.5 Å². The Balaban J connectivity index is 1.40. The van der Waals surface area contributed by atoms with Crippen molar-refractivity contribution in [1.29, 1.82) is 0 Å². The van der Waals surface area contributed by atoms with Gasteiger partial charge in [0, 0.05) is 17.8 Å². The average Bonchev–Trinajstić information content (AvgIpc) is 3.56. The minimum atomic E-state index is -4.55. The van der Waals surface area contributed by atoms with E-state index in [0.717, 1.165) is 52.7 Å². The number of aromatic nitrogens is 3. The summed E-state index contributed by atoms with van der Waals surface area (Å²) in [4.78, 5) is 27.6. The van der Waals surface area contributed by atoms with E-state index in [0.29, 0.717) is 12.1 Å². The number of thioether (sulfide) groups is 1. The highest BCUT2D eigenvalue weighted by molar-refractivity contribution is 7.99. The summed E-state index contributed by atoms with van der Waals surface area (Å²) in [6.45, 7) is 4.33. The average molecular weight is 566 g/mol. The second-order valence-electron chi connectivity index (χ2n) is 9.48. The number of carbonyl (C=O) groups excluding carboxylic acids is 2. The van der Waals surface area contributed by atoms with Crippen LogP contribution in [0.3, 0.4) is 0 Å². The standard InChI is InChI=1S/C29H26F3N5O2S/c1-18-10-11-21(14-19(18)2)27(39)33-16-25-34-35-28(37(25)23-8-5-7-22(15-23)29(30,31)32)40-17-26(38)36-13-12-20-6-3-4-9-24(20)36/h3-11,14-15H,12-13,16-17H2,1-2H3,(H,33,39). The number of rotatable bonds is 7.